The maximum absolute atomic E-state index is 13.7. The summed E-state index contributed by atoms with van der Waals surface area (Å²) < 4.78 is 40.0. The van der Waals surface area contributed by atoms with Crippen LogP contribution in [0, 0.1) is 24.4 Å². The van der Waals surface area contributed by atoms with Crippen LogP contribution in [0.2, 0.25) is 0 Å². The van der Waals surface area contributed by atoms with E-state index >= 15 is 0 Å². The minimum absolute atomic E-state index is 0.00826. The minimum atomic E-state index is -1.64. The van der Waals surface area contributed by atoms with E-state index in [1.54, 1.807) is 6.07 Å². The lowest BCUT2D eigenvalue weighted by Crippen LogP contribution is -2.15. The predicted octanol–water partition coefficient (Wildman–Crippen LogP) is 4.67. The maximum atomic E-state index is 13.7. The van der Waals surface area contributed by atoms with Crippen molar-refractivity contribution in [3.8, 4) is 0 Å². The molecule has 0 spiro atoms. The highest BCUT2D eigenvalue weighted by Crippen LogP contribution is 2.20. The van der Waals surface area contributed by atoms with Crippen molar-refractivity contribution in [1.29, 1.82) is 0 Å². The van der Waals surface area contributed by atoms with Gasteiger partial charge in [0.25, 0.3) is 5.91 Å². The predicted molar refractivity (Wildman–Crippen MR) is 97.0 cm³/mol. The molecule has 0 atom stereocenters. The quantitative estimate of drug-likeness (QED) is 0.641. The van der Waals surface area contributed by atoms with Crippen LogP contribution < -0.4 is 10.6 Å². The summed E-state index contributed by atoms with van der Waals surface area (Å²) in [6.07, 6.45) is 1.43. The molecule has 0 aliphatic heterocycles. The van der Waals surface area contributed by atoms with Crippen molar-refractivity contribution in [2.45, 2.75) is 13.5 Å². The minimum Gasteiger partial charge on any atom is -0.381 e. The molecule has 3 rings (SSSR count). The van der Waals surface area contributed by atoms with Gasteiger partial charge in [0, 0.05) is 18.4 Å². The van der Waals surface area contributed by atoms with Gasteiger partial charge in [-0.3, -0.25) is 9.78 Å². The Labute approximate surface area is 154 Å². The second kappa shape index (κ2) is 7.90. The number of aryl methyl sites for hydroxylation is 1. The molecule has 0 aliphatic carbocycles. The molecule has 1 heterocycles. The van der Waals surface area contributed by atoms with E-state index in [4.69, 9.17) is 0 Å². The highest BCUT2D eigenvalue weighted by Gasteiger charge is 2.16. The van der Waals surface area contributed by atoms with Crippen LogP contribution in [-0.4, -0.2) is 10.9 Å². The molecule has 0 unspecified atom stereocenters. The van der Waals surface area contributed by atoms with Gasteiger partial charge in [-0.25, -0.2) is 13.2 Å². The van der Waals surface area contributed by atoms with Crippen LogP contribution in [0.25, 0.3) is 0 Å². The number of nitrogens with one attached hydrogen (secondary N) is 2. The van der Waals surface area contributed by atoms with E-state index in [2.05, 4.69) is 15.6 Å². The molecule has 0 radical (unpaired) electrons. The molecule has 0 aliphatic rings. The summed E-state index contributed by atoms with van der Waals surface area (Å²) in [4.78, 5) is 16.2. The number of benzene rings is 2. The Morgan fingerprint density at radius 1 is 1.04 bits per heavy atom. The standard InChI is InChI=1S/C20H16F3N3O/c1-12-4-2-3-5-13(12)11-25-14-8-9-24-17(10-14)20(27)26-16-7-6-15(21)18(22)19(16)23/h2-10H,11H2,1H3,(H,24,25)(H,26,27). The van der Waals surface area contributed by atoms with E-state index in [9.17, 15) is 18.0 Å². The number of carbonyl (C=O) groups is 1. The summed E-state index contributed by atoms with van der Waals surface area (Å²) >= 11 is 0. The lowest BCUT2D eigenvalue weighted by Gasteiger charge is -2.10. The van der Waals surface area contributed by atoms with Crippen LogP contribution in [-0.2, 0) is 6.54 Å². The highest BCUT2D eigenvalue weighted by atomic mass is 19.2. The molecule has 1 amide bonds. The average molecular weight is 371 g/mol. The summed E-state index contributed by atoms with van der Waals surface area (Å²) in [7, 11) is 0. The number of hydrogen-bond acceptors (Lipinski definition) is 3. The molecule has 2 N–H and O–H groups in total. The van der Waals surface area contributed by atoms with Gasteiger partial charge in [0.1, 0.15) is 5.69 Å². The molecule has 0 saturated carbocycles. The molecule has 4 nitrogen and oxygen atoms in total. The number of hydrogen-bond donors (Lipinski definition) is 2. The van der Waals surface area contributed by atoms with Crippen molar-refractivity contribution in [3.63, 3.8) is 0 Å². The van der Waals surface area contributed by atoms with Crippen molar-refractivity contribution in [3.05, 3.63) is 89.0 Å². The third-order valence-electron chi connectivity index (χ3n) is 4.02. The number of pyridine rings is 1. The molecule has 7 heteroatoms. The fourth-order valence-corrected chi connectivity index (χ4v) is 2.48. The van der Waals surface area contributed by atoms with E-state index in [0.29, 0.717) is 12.2 Å². The van der Waals surface area contributed by atoms with Crippen molar-refractivity contribution in [2.24, 2.45) is 0 Å². The Morgan fingerprint density at radius 2 is 1.81 bits per heavy atom. The third-order valence-corrected chi connectivity index (χ3v) is 4.02. The van der Waals surface area contributed by atoms with Gasteiger partial charge in [-0.1, -0.05) is 24.3 Å². The third kappa shape index (κ3) is 4.25. The van der Waals surface area contributed by atoms with Crippen molar-refractivity contribution >= 4 is 17.3 Å². The number of amides is 1. The fraction of sp³-hybridized carbons (Fsp3) is 0.100. The van der Waals surface area contributed by atoms with Gasteiger partial charge in [-0.05, 0) is 42.3 Å². The second-order valence-electron chi connectivity index (χ2n) is 5.89. The second-order valence-corrected chi connectivity index (χ2v) is 5.89. The van der Waals surface area contributed by atoms with E-state index < -0.39 is 29.0 Å². The van der Waals surface area contributed by atoms with Crippen LogP contribution in [0.1, 0.15) is 21.6 Å². The summed E-state index contributed by atoms with van der Waals surface area (Å²) in [5, 5.41) is 5.38. The Morgan fingerprint density at radius 3 is 2.59 bits per heavy atom. The van der Waals surface area contributed by atoms with Gasteiger partial charge in [0.2, 0.25) is 0 Å². The first-order chi connectivity index (χ1) is 13.0. The van der Waals surface area contributed by atoms with Gasteiger partial charge >= 0.3 is 0 Å². The van der Waals surface area contributed by atoms with Crippen LogP contribution in [0.15, 0.2) is 54.7 Å². The van der Waals surface area contributed by atoms with Gasteiger partial charge in [0.05, 0.1) is 5.69 Å². The molecule has 1 aromatic heterocycles. The van der Waals surface area contributed by atoms with Crippen molar-refractivity contribution < 1.29 is 18.0 Å². The van der Waals surface area contributed by atoms with Crippen LogP contribution in [0.4, 0.5) is 24.5 Å². The number of aromatic nitrogens is 1. The maximum Gasteiger partial charge on any atom is 0.274 e. The largest absolute Gasteiger partial charge is 0.381 e. The first-order valence-corrected chi connectivity index (χ1v) is 8.15. The Bertz CT molecular complexity index is 992. The van der Waals surface area contributed by atoms with Crippen molar-refractivity contribution in [1.82, 2.24) is 4.98 Å². The lowest BCUT2D eigenvalue weighted by atomic mass is 10.1. The SMILES string of the molecule is Cc1ccccc1CNc1ccnc(C(=O)Nc2ccc(F)c(F)c2F)c1. The van der Waals surface area contributed by atoms with Crippen molar-refractivity contribution in [2.75, 3.05) is 10.6 Å². The number of rotatable bonds is 5. The molecular formula is C20H16F3N3O. The molecule has 0 bridgehead atoms. The molecular weight excluding hydrogens is 355 g/mol. The smallest absolute Gasteiger partial charge is 0.274 e. The first-order valence-electron chi connectivity index (χ1n) is 8.15. The highest BCUT2D eigenvalue weighted by molar-refractivity contribution is 6.03. The van der Waals surface area contributed by atoms with Crippen LogP contribution in [0.3, 0.4) is 0 Å². The number of nitrogens with zero attached hydrogens (tertiary/aromatic N) is 1. The Kier molecular flexibility index (Phi) is 5.40. The van der Waals surface area contributed by atoms with Gasteiger partial charge in [-0.15, -0.1) is 0 Å². The van der Waals surface area contributed by atoms with E-state index in [0.717, 1.165) is 23.3 Å². The Hall–Kier alpha value is -3.35. The summed E-state index contributed by atoms with van der Waals surface area (Å²) in [5.74, 6) is -5.17. The Balaban J connectivity index is 1.72. The van der Waals surface area contributed by atoms with E-state index in [1.165, 1.54) is 12.3 Å². The molecule has 0 fully saturated rings. The zero-order valence-electron chi connectivity index (χ0n) is 14.4. The molecule has 2 aromatic carbocycles. The van der Waals surface area contributed by atoms with E-state index in [1.807, 2.05) is 31.2 Å². The van der Waals surface area contributed by atoms with Gasteiger partial charge in [0.15, 0.2) is 17.5 Å². The number of halogens is 3. The molecule has 0 saturated heterocycles. The molecule has 138 valence electrons. The molecule has 27 heavy (non-hydrogen) atoms. The number of carbonyl (C=O) groups excluding carboxylic acids is 1. The van der Waals surface area contributed by atoms with Gasteiger partial charge in [-0.2, -0.15) is 0 Å². The molecule has 3 aromatic rings. The monoisotopic (exact) mass is 371 g/mol. The fourth-order valence-electron chi connectivity index (χ4n) is 2.48. The van der Waals surface area contributed by atoms with Crippen LogP contribution >= 0.6 is 0 Å². The summed E-state index contributed by atoms with van der Waals surface area (Å²) in [6.45, 7) is 2.55. The summed E-state index contributed by atoms with van der Waals surface area (Å²) in [5.41, 5.74) is 2.42. The van der Waals surface area contributed by atoms with Gasteiger partial charge < -0.3 is 10.6 Å². The normalized spacial score (nSPS) is 10.5. The van der Waals surface area contributed by atoms with E-state index in [-0.39, 0.29) is 5.69 Å². The van der Waals surface area contributed by atoms with Crippen LogP contribution in [0.5, 0.6) is 0 Å². The number of anilines is 2. The average Bonchev–Trinajstić information content (AvgIpc) is 2.68. The topological polar surface area (TPSA) is 54.0 Å². The summed E-state index contributed by atoms with van der Waals surface area (Å²) in [6, 6.07) is 12.7. The lowest BCUT2D eigenvalue weighted by molar-refractivity contribution is 0.102. The zero-order valence-corrected chi connectivity index (χ0v) is 14.4. The first kappa shape index (κ1) is 18.4. The zero-order chi connectivity index (χ0) is 19.4.